The Morgan fingerprint density at radius 2 is 2.14 bits per heavy atom. The average Bonchev–Trinajstić information content (AvgIpc) is 2.43. The van der Waals surface area contributed by atoms with Crippen molar-refractivity contribution in [3.63, 3.8) is 0 Å². The number of carbonyl (C=O) groups is 1. The number of hydrazone groups is 1. The second kappa shape index (κ2) is 8.36. The minimum absolute atomic E-state index is 0.282. The quantitative estimate of drug-likeness (QED) is 0.361. The summed E-state index contributed by atoms with van der Waals surface area (Å²) in [6.45, 7) is 5.84. The number of ether oxygens (including phenoxy) is 3. The molecule has 0 saturated carbocycles. The van der Waals surface area contributed by atoms with E-state index in [1.807, 2.05) is 6.92 Å². The van der Waals surface area contributed by atoms with Gasteiger partial charge in [0, 0.05) is 0 Å². The fourth-order valence-corrected chi connectivity index (χ4v) is 1.87. The van der Waals surface area contributed by atoms with E-state index in [4.69, 9.17) is 31.7 Å². The SMILES string of the molecule is CCOC(=O)C(C)Oc1c(Cl)cc(C=NN)cc1OCC. The van der Waals surface area contributed by atoms with Gasteiger partial charge in [-0.15, -0.1) is 0 Å². The minimum Gasteiger partial charge on any atom is -0.490 e. The van der Waals surface area contributed by atoms with E-state index in [1.165, 1.54) is 6.21 Å². The molecule has 0 spiro atoms. The molecule has 0 radical (unpaired) electrons. The van der Waals surface area contributed by atoms with Crippen molar-refractivity contribution in [2.75, 3.05) is 13.2 Å². The van der Waals surface area contributed by atoms with Gasteiger partial charge in [-0.2, -0.15) is 5.10 Å². The number of rotatable bonds is 7. The topological polar surface area (TPSA) is 83.1 Å². The first-order chi connectivity index (χ1) is 10.0. The zero-order valence-corrected chi connectivity index (χ0v) is 13.0. The molecule has 21 heavy (non-hydrogen) atoms. The molecule has 7 heteroatoms. The third-order valence-electron chi connectivity index (χ3n) is 2.47. The van der Waals surface area contributed by atoms with Gasteiger partial charge in [-0.3, -0.25) is 0 Å². The third-order valence-corrected chi connectivity index (χ3v) is 2.75. The second-order valence-corrected chi connectivity index (χ2v) is 4.46. The van der Waals surface area contributed by atoms with E-state index in [0.29, 0.717) is 22.9 Å². The molecular weight excluding hydrogens is 296 g/mol. The highest BCUT2D eigenvalue weighted by atomic mass is 35.5. The predicted molar refractivity (Wildman–Crippen MR) is 81.1 cm³/mol. The van der Waals surface area contributed by atoms with Crippen molar-refractivity contribution >= 4 is 23.8 Å². The molecule has 1 aromatic carbocycles. The second-order valence-electron chi connectivity index (χ2n) is 4.05. The van der Waals surface area contributed by atoms with E-state index < -0.39 is 12.1 Å². The maximum Gasteiger partial charge on any atom is 0.347 e. The molecule has 0 aliphatic rings. The van der Waals surface area contributed by atoms with Crippen LogP contribution in [0.4, 0.5) is 0 Å². The monoisotopic (exact) mass is 314 g/mol. The molecule has 0 fully saturated rings. The highest BCUT2D eigenvalue weighted by Crippen LogP contribution is 2.37. The van der Waals surface area contributed by atoms with Crippen LogP contribution in [0.15, 0.2) is 17.2 Å². The molecule has 0 aliphatic carbocycles. The Morgan fingerprint density at radius 3 is 2.71 bits per heavy atom. The predicted octanol–water partition coefficient (Wildman–Crippen LogP) is 2.36. The third kappa shape index (κ3) is 4.82. The van der Waals surface area contributed by atoms with Crippen LogP contribution in [0.3, 0.4) is 0 Å². The van der Waals surface area contributed by atoms with Gasteiger partial charge in [0.25, 0.3) is 0 Å². The fourth-order valence-electron chi connectivity index (χ4n) is 1.61. The van der Waals surface area contributed by atoms with Crippen LogP contribution in [0.25, 0.3) is 0 Å². The van der Waals surface area contributed by atoms with Crippen LogP contribution in [0.1, 0.15) is 26.3 Å². The molecule has 0 aliphatic heterocycles. The van der Waals surface area contributed by atoms with E-state index in [9.17, 15) is 4.79 Å². The Morgan fingerprint density at radius 1 is 1.43 bits per heavy atom. The van der Waals surface area contributed by atoms with Gasteiger partial charge >= 0.3 is 5.97 Å². The van der Waals surface area contributed by atoms with Crippen LogP contribution in [0, 0.1) is 0 Å². The molecule has 2 N–H and O–H groups in total. The summed E-state index contributed by atoms with van der Waals surface area (Å²) in [4.78, 5) is 11.6. The average molecular weight is 315 g/mol. The molecule has 6 nitrogen and oxygen atoms in total. The van der Waals surface area contributed by atoms with E-state index in [2.05, 4.69) is 5.10 Å². The van der Waals surface area contributed by atoms with Gasteiger partial charge in [-0.05, 0) is 38.5 Å². The summed E-state index contributed by atoms with van der Waals surface area (Å²) in [6.07, 6.45) is 0.642. The molecule has 0 heterocycles. The number of esters is 1. The first kappa shape index (κ1) is 17.1. The number of carbonyl (C=O) groups excluding carboxylic acids is 1. The number of hydrogen-bond donors (Lipinski definition) is 1. The molecular formula is C14H19ClN2O4. The zero-order chi connectivity index (χ0) is 15.8. The summed E-state index contributed by atoms with van der Waals surface area (Å²) < 4.78 is 15.9. The molecule has 1 aromatic rings. The first-order valence-corrected chi connectivity index (χ1v) is 6.94. The maximum absolute atomic E-state index is 11.6. The summed E-state index contributed by atoms with van der Waals surface area (Å²) >= 11 is 6.17. The van der Waals surface area contributed by atoms with E-state index >= 15 is 0 Å². The van der Waals surface area contributed by atoms with Gasteiger partial charge in [0.2, 0.25) is 0 Å². The fraction of sp³-hybridized carbons (Fsp3) is 0.429. The summed E-state index contributed by atoms with van der Waals surface area (Å²) in [5.41, 5.74) is 0.669. The summed E-state index contributed by atoms with van der Waals surface area (Å²) in [6, 6.07) is 3.30. The molecule has 1 unspecified atom stereocenters. The number of nitrogens with zero attached hydrogens (tertiary/aromatic N) is 1. The van der Waals surface area contributed by atoms with Crippen LogP contribution >= 0.6 is 11.6 Å². The van der Waals surface area contributed by atoms with Gasteiger partial charge in [0.1, 0.15) is 0 Å². The Bertz CT molecular complexity index is 520. The van der Waals surface area contributed by atoms with E-state index in [-0.39, 0.29) is 12.4 Å². The van der Waals surface area contributed by atoms with Gasteiger partial charge < -0.3 is 20.1 Å². The largest absolute Gasteiger partial charge is 0.490 e. The molecule has 0 amide bonds. The number of nitrogens with two attached hydrogens (primary N) is 1. The Kier molecular flexibility index (Phi) is 6.81. The van der Waals surface area contributed by atoms with Crippen LogP contribution < -0.4 is 15.3 Å². The summed E-state index contributed by atoms with van der Waals surface area (Å²) in [5.74, 6) is 5.35. The lowest BCUT2D eigenvalue weighted by molar-refractivity contribution is -0.150. The Balaban J connectivity index is 3.06. The summed E-state index contributed by atoms with van der Waals surface area (Å²) in [7, 11) is 0. The summed E-state index contributed by atoms with van der Waals surface area (Å²) in [5, 5.41) is 3.74. The lowest BCUT2D eigenvalue weighted by Gasteiger charge is -2.18. The highest BCUT2D eigenvalue weighted by molar-refractivity contribution is 6.32. The van der Waals surface area contributed by atoms with Crippen molar-refractivity contribution < 1.29 is 19.0 Å². The van der Waals surface area contributed by atoms with Gasteiger partial charge in [0.05, 0.1) is 24.5 Å². The molecule has 0 aromatic heterocycles. The van der Waals surface area contributed by atoms with Crippen molar-refractivity contribution in [1.29, 1.82) is 0 Å². The van der Waals surface area contributed by atoms with Crippen LogP contribution in [0.5, 0.6) is 11.5 Å². The number of halogens is 1. The van der Waals surface area contributed by atoms with Gasteiger partial charge in [-0.25, -0.2) is 4.79 Å². The maximum atomic E-state index is 11.6. The molecule has 1 rings (SSSR count). The van der Waals surface area contributed by atoms with E-state index in [1.54, 1.807) is 26.0 Å². The first-order valence-electron chi connectivity index (χ1n) is 6.56. The number of hydrogen-bond acceptors (Lipinski definition) is 6. The minimum atomic E-state index is -0.796. The van der Waals surface area contributed by atoms with Crippen molar-refractivity contribution in [3.8, 4) is 11.5 Å². The zero-order valence-electron chi connectivity index (χ0n) is 12.3. The number of benzene rings is 1. The lowest BCUT2D eigenvalue weighted by Crippen LogP contribution is -2.26. The van der Waals surface area contributed by atoms with Crippen LogP contribution in [-0.2, 0) is 9.53 Å². The van der Waals surface area contributed by atoms with E-state index in [0.717, 1.165) is 0 Å². The van der Waals surface area contributed by atoms with Crippen molar-refractivity contribution in [3.05, 3.63) is 22.7 Å². The smallest absolute Gasteiger partial charge is 0.347 e. The molecule has 116 valence electrons. The van der Waals surface area contributed by atoms with Gasteiger partial charge in [0.15, 0.2) is 17.6 Å². The molecule has 1 atom stereocenters. The van der Waals surface area contributed by atoms with Crippen molar-refractivity contribution in [2.45, 2.75) is 26.9 Å². The van der Waals surface area contributed by atoms with Crippen molar-refractivity contribution in [1.82, 2.24) is 0 Å². The highest BCUT2D eigenvalue weighted by Gasteiger charge is 2.20. The Labute approximate surface area is 128 Å². The van der Waals surface area contributed by atoms with Gasteiger partial charge in [-0.1, -0.05) is 11.6 Å². The van der Waals surface area contributed by atoms with Crippen LogP contribution in [0.2, 0.25) is 5.02 Å². The Hall–Kier alpha value is -1.95. The van der Waals surface area contributed by atoms with Crippen LogP contribution in [-0.4, -0.2) is 31.5 Å². The molecule has 0 bridgehead atoms. The standard InChI is InChI=1S/C14H19ClN2O4/c1-4-19-12-7-10(8-17-16)6-11(15)13(12)21-9(3)14(18)20-5-2/h6-9H,4-5,16H2,1-3H3. The molecule has 0 saturated heterocycles. The lowest BCUT2D eigenvalue weighted by atomic mass is 10.2. The normalized spacial score (nSPS) is 12.2. The van der Waals surface area contributed by atoms with Crippen molar-refractivity contribution in [2.24, 2.45) is 10.9 Å².